The number of aromatic nitrogens is 3. The van der Waals surface area contributed by atoms with Gasteiger partial charge in [0.05, 0.1) is 12.8 Å². The molecule has 3 rings (SSSR count). The topological polar surface area (TPSA) is 59.9 Å². The van der Waals surface area contributed by atoms with Crippen LogP contribution in [0.2, 0.25) is 0 Å². The van der Waals surface area contributed by atoms with E-state index in [9.17, 15) is 0 Å². The van der Waals surface area contributed by atoms with Crippen molar-refractivity contribution in [3.63, 3.8) is 0 Å². The lowest BCUT2D eigenvalue weighted by Crippen LogP contribution is -2.02. The molecule has 0 amide bonds. The third-order valence-corrected chi connectivity index (χ3v) is 2.98. The summed E-state index contributed by atoms with van der Waals surface area (Å²) in [4.78, 5) is 13.1. The van der Waals surface area contributed by atoms with Gasteiger partial charge < -0.3 is 10.1 Å². The third kappa shape index (κ3) is 2.17. The fraction of sp³-hybridized carbons (Fsp3) is 0.308. The van der Waals surface area contributed by atoms with Crippen LogP contribution in [0.25, 0.3) is 0 Å². The van der Waals surface area contributed by atoms with Gasteiger partial charge in [0.15, 0.2) is 0 Å². The van der Waals surface area contributed by atoms with Crippen molar-refractivity contribution in [1.29, 1.82) is 0 Å². The highest BCUT2D eigenvalue weighted by Crippen LogP contribution is 2.14. The van der Waals surface area contributed by atoms with Gasteiger partial charge in [-0.25, -0.2) is 15.0 Å². The average Bonchev–Trinajstić information content (AvgIpc) is 2.87. The second-order valence-electron chi connectivity index (χ2n) is 4.25. The highest BCUT2D eigenvalue weighted by molar-refractivity contribution is 5.24. The summed E-state index contributed by atoms with van der Waals surface area (Å²) in [6, 6.07) is 3.84. The molecule has 92 valence electrons. The summed E-state index contributed by atoms with van der Waals surface area (Å²) in [5, 5.41) is 3.26. The van der Waals surface area contributed by atoms with E-state index in [2.05, 4.69) is 20.3 Å². The summed E-state index contributed by atoms with van der Waals surface area (Å²) >= 11 is 0. The van der Waals surface area contributed by atoms with Gasteiger partial charge >= 0.3 is 0 Å². The smallest absolute Gasteiger partial charge is 0.212 e. The van der Waals surface area contributed by atoms with Gasteiger partial charge in [0, 0.05) is 43.5 Å². The Kier molecular flexibility index (Phi) is 2.90. The van der Waals surface area contributed by atoms with Crippen molar-refractivity contribution in [2.45, 2.75) is 19.5 Å². The molecule has 0 atom stereocenters. The van der Waals surface area contributed by atoms with E-state index >= 15 is 0 Å². The zero-order valence-electron chi connectivity index (χ0n) is 10.2. The van der Waals surface area contributed by atoms with Gasteiger partial charge in [0.25, 0.3) is 0 Å². The Labute approximate surface area is 105 Å². The van der Waals surface area contributed by atoms with Crippen molar-refractivity contribution in [3.8, 4) is 5.88 Å². The van der Waals surface area contributed by atoms with Gasteiger partial charge in [-0.3, -0.25) is 0 Å². The monoisotopic (exact) mass is 242 g/mol. The number of hydrogen-bond donors (Lipinski definition) is 1. The van der Waals surface area contributed by atoms with E-state index in [0.717, 1.165) is 30.2 Å². The molecular weight excluding hydrogens is 228 g/mol. The van der Waals surface area contributed by atoms with Crippen LogP contribution in [-0.2, 0) is 19.5 Å². The van der Waals surface area contributed by atoms with Crippen LogP contribution in [0.15, 0.2) is 24.5 Å². The molecule has 1 aliphatic heterocycles. The maximum Gasteiger partial charge on any atom is 0.212 e. The number of pyridine rings is 1. The Hall–Kier alpha value is -2.01. The number of methoxy groups -OCH3 is 1. The fourth-order valence-electron chi connectivity index (χ4n) is 2.00. The molecule has 0 saturated carbocycles. The quantitative estimate of drug-likeness (QED) is 0.872. The van der Waals surface area contributed by atoms with Gasteiger partial charge in [0.2, 0.25) is 5.88 Å². The highest BCUT2D eigenvalue weighted by Gasteiger charge is 2.12. The van der Waals surface area contributed by atoms with Gasteiger partial charge in [-0.1, -0.05) is 6.07 Å². The number of rotatable bonds is 3. The molecule has 0 fully saturated rings. The van der Waals surface area contributed by atoms with Gasteiger partial charge in [-0.15, -0.1) is 0 Å². The molecule has 5 heteroatoms. The van der Waals surface area contributed by atoms with Crippen molar-refractivity contribution < 1.29 is 4.74 Å². The molecule has 2 aromatic heterocycles. The van der Waals surface area contributed by atoms with Crippen LogP contribution in [0.4, 0.5) is 0 Å². The van der Waals surface area contributed by atoms with Gasteiger partial charge in [0.1, 0.15) is 5.82 Å². The minimum Gasteiger partial charge on any atom is -0.481 e. The Morgan fingerprint density at radius 1 is 1.22 bits per heavy atom. The van der Waals surface area contributed by atoms with Crippen LogP contribution in [-0.4, -0.2) is 22.1 Å². The predicted molar refractivity (Wildman–Crippen MR) is 66.2 cm³/mol. The molecule has 3 heterocycles. The van der Waals surface area contributed by atoms with E-state index < -0.39 is 0 Å². The Morgan fingerprint density at radius 3 is 2.94 bits per heavy atom. The summed E-state index contributed by atoms with van der Waals surface area (Å²) in [5.74, 6) is 1.46. The Bertz CT molecular complexity index is 553. The second-order valence-corrected chi connectivity index (χ2v) is 4.25. The van der Waals surface area contributed by atoms with Crippen molar-refractivity contribution >= 4 is 0 Å². The normalized spacial score (nSPS) is 13.4. The first-order valence-corrected chi connectivity index (χ1v) is 5.88. The first-order chi connectivity index (χ1) is 8.85. The lowest BCUT2D eigenvalue weighted by molar-refractivity contribution is 0.397. The first-order valence-electron chi connectivity index (χ1n) is 5.88. The van der Waals surface area contributed by atoms with E-state index in [1.54, 1.807) is 13.3 Å². The molecular formula is C13H14N4O. The summed E-state index contributed by atoms with van der Waals surface area (Å²) in [6.07, 6.45) is 4.41. The highest BCUT2D eigenvalue weighted by atomic mass is 16.5. The van der Waals surface area contributed by atoms with Crippen molar-refractivity contribution in [1.82, 2.24) is 20.3 Å². The summed E-state index contributed by atoms with van der Waals surface area (Å²) < 4.78 is 5.03. The minimum atomic E-state index is 0.623. The average molecular weight is 242 g/mol. The van der Waals surface area contributed by atoms with Crippen LogP contribution in [0, 0.1) is 0 Å². The van der Waals surface area contributed by atoms with Crippen molar-refractivity contribution in [2.24, 2.45) is 0 Å². The van der Waals surface area contributed by atoms with Crippen LogP contribution in [0.3, 0.4) is 0 Å². The van der Waals surface area contributed by atoms with E-state index in [1.165, 1.54) is 5.56 Å². The Balaban J connectivity index is 1.79. The summed E-state index contributed by atoms with van der Waals surface area (Å²) in [6.45, 7) is 1.71. The van der Waals surface area contributed by atoms with Crippen LogP contribution < -0.4 is 10.1 Å². The second kappa shape index (κ2) is 4.70. The van der Waals surface area contributed by atoms with E-state index in [4.69, 9.17) is 4.74 Å². The lowest BCUT2D eigenvalue weighted by atomic mass is 10.2. The number of nitrogens with zero attached hydrogens (tertiary/aromatic N) is 3. The van der Waals surface area contributed by atoms with Crippen LogP contribution in [0.5, 0.6) is 5.88 Å². The summed E-state index contributed by atoms with van der Waals surface area (Å²) in [7, 11) is 1.61. The zero-order chi connectivity index (χ0) is 12.4. The summed E-state index contributed by atoms with van der Waals surface area (Å²) in [5.41, 5.74) is 3.40. The first kappa shape index (κ1) is 11.1. The van der Waals surface area contributed by atoms with E-state index in [1.807, 2.05) is 18.3 Å². The number of hydrogen-bond acceptors (Lipinski definition) is 5. The molecule has 0 spiro atoms. The number of nitrogens with one attached hydrogen (secondary N) is 1. The number of fused-ring (bicyclic) bond motifs is 1. The molecule has 0 radical (unpaired) electrons. The molecule has 0 saturated heterocycles. The minimum absolute atomic E-state index is 0.623. The third-order valence-electron chi connectivity index (χ3n) is 2.98. The molecule has 0 bridgehead atoms. The molecule has 0 aromatic carbocycles. The molecule has 0 aliphatic carbocycles. The van der Waals surface area contributed by atoms with Crippen LogP contribution >= 0.6 is 0 Å². The van der Waals surface area contributed by atoms with Crippen molar-refractivity contribution in [3.05, 3.63) is 47.2 Å². The SMILES string of the molecule is COc1ccc(Cc2ncc3c(n2)CNC3)cn1. The molecule has 0 unspecified atom stereocenters. The van der Waals surface area contributed by atoms with Gasteiger partial charge in [-0.05, 0) is 5.56 Å². The van der Waals surface area contributed by atoms with E-state index in [0.29, 0.717) is 12.3 Å². The predicted octanol–water partition coefficient (Wildman–Crippen LogP) is 1.07. The standard InChI is InChI=1S/C13H14N4O/c1-18-13-3-2-9(5-16-13)4-12-15-7-10-6-14-8-11(10)17-12/h2-3,5,7,14H,4,6,8H2,1H3. The van der Waals surface area contributed by atoms with Crippen molar-refractivity contribution in [2.75, 3.05) is 7.11 Å². The molecule has 2 aromatic rings. The fourth-order valence-corrected chi connectivity index (χ4v) is 2.00. The maximum atomic E-state index is 5.03. The molecule has 1 aliphatic rings. The maximum absolute atomic E-state index is 5.03. The largest absolute Gasteiger partial charge is 0.481 e. The van der Waals surface area contributed by atoms with E-state index in [-0.39, 0.29) is 0 Å². The Morgan fingerprint density at radius 2 is 2.17 bits per heavy atom. The number of ether oxygens (including phenoxy) is 1. The molecule has 1 N–H and O–H groups in total. The molecule has 5 nitrogen and oxygen atoms in total. The molecule has 18 heavy (non-hydrogen) atoms. The zero-order valence-corrected chi connectivity index (χ0v) is 10.2. The van der Waals surface area contributed by atoms with Gasteiger partial charge in [-0.2, -0.15) is 0 Å². The van der Waals surface area contributed by atoms with Crippen LogP contribution in [0.1, 0.15) is 22.6 Å². The lowest BCUT2D eigenvalue weighted by Gasteiger charge is -2.03.